The Balaban J connectivity index is 2.23. The van der Waals surface area contributed by atoms with Crippen LogP contribution < -0.4 is 9.47 Å². The lowest BCUT2D eigenvalue weighted by atomic mass is 10.0. The maximum Gasteiger partial charge on any atom is 0.303 e. The van der Waals surface area contributed by atoms with Crippen molar-refractivity contribution in [3.63, 3.8) is 0 Å². The van der Waals surface area contributed by atoms with Crippen LogP contribution >= 0.6 is 15.9 Å². The van der Waals surface area contributed by atoms with E-state index in [4.69, 9.17) is 14.6 Å². The number of carbonyl (C=O) groups is 1. The van der Waals surface area contributed by atoms with Crippen LogP contribution in [0.15, 0.2) is 10.5 Å². The second-order valence-electron chi connectivity index (χ2n) is 3.94. The van der Waals surface area contributed by atoms with Crippen LogP contribution in [0.2, 0.25) is 0 Å². The van der Waals surface area contributed by atoms with Crippen LogP contribution in [-0.2, 0) is 11.2 Å². The molecular formula is C12H13BrO4. The Kier molecular flexibility index (Phi) is 3.57. The molecule has 0 unspecified atom stereocenters. The van der Waals surface area contributed by atoms with Crippen LogP contribution in [0.25, 0.3) is 0 Å². The van der Waals surface area contributed by atoms with Gasteiger partial charge in [-0.15, -0.1) is 0 Å². The van der Waals surface area contributed by atoms with Crippen LogP contribution in [0.4, 0.5) is 0 Å². The Morgan fingerprint density at radius 1 is 1.53 bits per heavy atom. The van der Waals surface area contributed by atoms with E-state index in [1.165, 1.54) is 0 Å². The molecule has 0 aromatic heterocycles. The molecule has 17 heavy (non-hydrogen) atoms. The molecule has 0 fully saturated rings. The SMILES string of the molecule is Cc1c(Br)cc2c(c1CCCC(=O)O)OCO2. The van der Waals surface area contributed by atoms with Crippen molar-refractivity contribution in [3.05, 3.63) is 21.7 Å². The first-order valence-electron chi connectivity index (χ1n) is 5.39. The number of hydrogen-bond donors (Lipinski definition) is 1. The molecule has 0 spiro atoms. The van der Waals surface area contributed by atoms with E-state index in [-0.39, 0.29) is 13.2 Å². The molecule has 0 saturated heterocycles. The molecule has 1 aliphatic heterocycles. The first-order valence-corrected chi connectivity index (χ1v) is 6.18. The Morgan fingerprint density at radius 3 is 3.00 bits per heavy atom. The number of rotatable bonds is 4. The summed E-state index contributed by atoms with van der Waals surface area (Å²) in [5.41, 5.74) is 2.12. The summed E-state index contributed by atoms with van der Waals surface area (Å²) in [4.78, 5) is 10.5. The molecule has 0 saturated carbocycles. The van der Waals surface area contributed by atoms with Crippen LogP contribution in [0.1, 0.15) is 24.0 Å². The number of halogens is 1. The maximum absolute atomic E-state index is 10.5. The number of carboxylic acid groups (broad SMARTS) is 1. The standard InChI is InChI=1S/C12H13BrO4/c1-7-8(3-2-4-11(14)15)12-10(5-9(7)13)16-6-17-12/h5H,2-4,6H2,1H3,(H,14,15). The molecule has 1 heterocycles. The quantitative estimate of drug-likeness (QED) is 0.929. The number of hydrogen-bond acceptors (Lipinski definition) is 3. The molecule has 1 aromatic carbocycles. The summed E-state index contributed by atoms with van der Waals surface area (Å²) in [5.74, 6) is 0.718. The molecule has 1 aromatic rings. The zero-order valence-electron chi connectivity index (χ0n) is 9.46. The van der Waals surface area contributed by atoms with Crippen molar-refractivity contribution in [2.45, 2.75) is 26.2 Å². The second kappa shape index (κ2) is 4.96. The maximum atomic E-state index is 10.5. The van der Waals surface area contributed by atoms with Gasteiger partial charge >= 0.3 is 5.97 Å². The van der Waals surface area contributed by atoms with Gasteiger partial charge in [0.05, 0.1) is 0 Å². The molecule has 1 aliphatic rings. The third-order valence-corrected chi connectivity index (χ3v) is 3.63. The highest BCUT2D eigenvalue weighted by Gasteiger charge is 2.21. The average molecular weight is 301 g/mol. The second-order valence-corrected chi connectivity index (χ2v) is 4.80. The number of fused-ring (bicyclic) bond motifs is 1. The summed E-state index contributed by atoms with van der Waals surface area (Å²) >= 11 is 3.47. The van der Waals surface area contributed by atoms with E-state index in [9.17, 15) is 4.79 Å². The zero-order valence-corrected chi connectivity index (χ0v) is 11.0. The van der Waals surface area contributed by atoms with Crippen LogP contribution in [0.5, 0.6) is 11.5 Å². The van der Waals surface area contributed by atoms with Gasteiger partial charge in [-0.25, -0.2) is 0 Å². The molecule has 0 amide bonds. The molecule has 0 radical (unpaired) electrons. The van der Waals surface area contributed by atoms with Gasteiger partial charge < -0.3 is 14.6 Å². The van der Waals surface area contributed by atoms with Crippen molar-refractivity contribution in [1.29, 1.82) is 0 Å². The molecule has 0 aliphatic carbocycles. The van der Waals surface area contributed by atoms with Gasteiger partial charge in [0.25, 0.3) is 0 Å². The van der Waals surface area contributed by atoms with Crippen molar-refractivity contribution >= 4 is 21.9 Å². The minimum Gasteiger partial charge on any atom is -0.481 e. The monoisotopic (exact) mass is 300 g/mol. The van der Waals surface area contributed by atoms with E-state index in [2.05, 4.69) is 15.9 Å². The summed E-state index contributed by atoms with van der Waals surface area (Å²) in [6.07, 6.45) is 1.45. The minimum atomic E-state index is -0.772. The van der Waals surface area contributed by atoms with E-state index in [0.717, 1.165) is 27.1 Å². The Labute approximate surface area is 108 Å². The van der Waals surface area contributed by atoms with Crippen molar-refractivity contribution in [3.8, 4) is 11.5 Å². The van der Waals surface area contributed by atoms with Gasteiger partial charge in [0.2, 0.25) is 6.79 Å². The number of aliphatic carboxylic acids is 1. The molecule has 92 valence electrons. The Bertz CT molecular complexity index is 456. The van der Waals surface area contributed by atoms with E-state index in [0.29, 0.717) is 12.8 Å². The molecule has 4 nitrogen and oxygen atoms in total. The van der Waals surface area contributed by atoms with Gasteiger partial charge in [-0.3, -0.25) is 4.79 Å². The molecule has 2 rings (SSSR count). The fourth-order valence-corrected chi connectivity index (χ4v) is 2.33. The highest BCUT2D eigenvalue weighted by atomic mass is 79.9. The fraction of sp³-hybridized carbons (Fsp3) is 0.417. The van der Waals surface area contributed by atoms with Crippen molar-refractivity contribution in [1.82, 2.24) is 0 Å². The van der Waals surface area contributed by atoms with Gasteiger partial charge in [0, 0.05) is 16.5 Å². The Morgan fingerprint density at radius 2 is 2.29 bits per heavy atom. The third-order valence-electron chi connectivity index (χ3n) is 2.80. The van der Waals surface area contributed by atoms with Crippen LogP contribution in [0.3, 0.4) is 0 Å². The third kappa shape index (κ3) is 2.54. The number of benzene rings is 1. The lowest BCUT2D eigenvalue weighted by Gasteiger charge is -2.10. The lowest BCUT2D eigenvalue weighted by molar-refractivity contribution is -0.137. The van der Waals surface area contributed by atoms with Gasteiger partial charge in [0.1, 0.15) is 0 Å². The highest BCUT2D eigenvalue weighted by molar-refractivity contribution is 9.10. The first kappa shape index (κ1) is 12.2. The van der Waals surface area contributed by atoms with Gasteiger partial charge in [-0.05, 0) is 31.4 Å². The first-order chi connectivity index (χ1) is 8.09. The van der Waals surface area contributed by atoms with Gasteiger partial charge in [-0.2, -0.15) is 0 Å². The summed E-state index contributed by atoms with van der Waals surface area (Å²) in [6.45, 7) is 2.22. The fourth-order valence-electron chi connectivity index (χ4n) is 1.89. The summed E-state index contributed by atoms with van der Waals surface area (Å²) in [5, 5.41) is 8.64. The van der Waals surface area contributed by atoms with Crippen molar-refractivity contribution in [2.75, 3.05) is 6.79 Å². The van der Waals surface area contributed by atoms with E-state index < -0.39 is 5.97 Å². The van der Waals surface area contributed by atoms with Crippen LogP contribution in [-0.4, -0.2) is 17.9 Å². The number of ether oxygens (including phenoxy) is 2. The van der Waals surface area contributed by atoms with E-state index in [1.807, 2.05) is 13.0 Å². The van der Waals surface area contributed by atoms with Gasteiger partial charge in [-0.1, -0.05) is 15.9 Å². The number of carboxylic acids is 1. The van der Waals surface area contributed by atoms with Crippen LogP contribution in [0, 0.1) is 6.92 Å². The molecular weight excluding hydrogens is 288 g/mol. The smallest absolute Gasteiger partial charge is 0.303 e. The molecule has 5 heteroatoms. The Hall–Kier alpha value is -1.23. The van der Waals surface area contributed by atoms with Crippen molar-refractivity contribution < 1.29 is 19.4 Å². The predicted octanol–water partition coefficient (Wildman–Crippen LogP) is 2.89. The topological polar surface area (TPSA) is 55.8 Å². The lowest BCUT2D eigenvalue weighted by Crippen LogP contribution is -1.99. The molecule has 1 N–H and O–H groups in total. The van der Waals surface area contributed by atoms with Gasteiger partial charge in [0.15, 0.2) is 11.5 Å². The molecule has 0 bridgehead atoms. The average Bonchev–Trinajstić information content (AvgIpc) is 2.70. The van der Waals surface area contributed by atoms with E-state index >= 15 is 0 Å². The zero-order chi connectivity index (χ0) is 12.4. The summed E-state index contributed by atoms with van der Waals surface area (Å²) < 4.78 is 11.7. The normalized spacial score (nSPS) is 12.8. The van der Waals surface area contributed by atoms with E-state index in [1.54, 1.807) is 0 Å². The van der Waals surface area contributed by atoms with Crippen molar-refractivity contribution in [2.24, 2.45) is 0 Å². The minimum absolute atomic E-state index is 0.168. The summed E-state index contributed by atoms with van der Waals surface area (Å²) in [7, 11) is 0. The highest BCUT2D eigenvalue weighted by Crippen LogP contribution is 2.41. The summed E-state index contributed by atoms with van der Waals surface area (Å²) in [6, 6.07) is 1.89. The predicted molar refractivity (Wildman–Crippen MR) is 65.6 cm³/mol. The molecule has 0 atom stereocenters. The largest absolute Gasteiger partial charge is 0.481 e.